The van der Waals surface area contributed by atoms with E-state index >= 15 is 0 Å². The van der Waals surface area contributed by atoms with Crippen molar-refractivity contribution in [2.75, 3.05) is 30.4 Å². The summed E-state index contributed by atoms with van der Waals surface area (Å²) in [5.74, 6) is 0.784. The van der Waals surface area contributed by atoms with E-state index in [0.29, 0.717) is 16.6 Å². The molecule has 3 aromatic rings. The van der Waals surface area contributed by atoms with Gasteiger partial charge >= 0.3 is 0 Å². The number of thiazole rings is 1. The number of rotatable bonds is 8. The second-order valence-electron chi connectivity index (χ2n) is 8.27. The van der Waals surface area contributed by atoms with Crippen LogP contribution in [0.4, 0.5) is 10.8 Å². The van der Waals surface area contributed by atoms with E-state index in [0.717, 1.165) is 47.3 Å². The van der Waals surface area contributed by atoms with Gasteiger partial charge in [0.2, 0.25) is 0 Å². The highest BCUT2D eigenvalue weighted by atomic mass is 35.5. The third-order valence-corrected chi connectivity index (χ3v) is 8.81. The molecule has 4 rings (SSSR count). The highest BCUT2D eigenvalue weighted by Crippen LogP contribution is 2.38. The smallest absolute Gasteiger partial charge is 0.265 e. The van der Waals surface area contributed by atoms with Crippen molar-refractivity contribution in [2.45, 2.75) is 37.6 Å². The zero-order valence-corrected chi connectivity index (χ0v) is 21.7. The molecule has 1 fully saturated rings. The van der Waals surface area contributed by atoms with Gasteiger partial charge in [0.15, 0.2) is 5.13 Å². The second kappa shape index (κ2) is 10.5. The fraction of sp³-hybridized carbons (Fsp3) is 0.375. The highest BCUT2D eigenvalue weighted by molar-refractivity contribution is 7.92. The number of methoxy groups -OCH3 is 1. The number of ether oxygens (including phenoxy) is 2. The van der Waals surface area contributed by atoms with Gasteiger partial charge in [-0.25, -0.2) is 13.4 Å². The molecule has 0 aliphatic carbocycles. The Hall–Kier alpha value is -2.33. The Labute approximate surface area is 209 Å². The molecule has 1 aliphatic heterocycles. The van der Waals surface area contributed by atoms with E-state index in [2.05, 4.69) is 17.0 Å². The maximum Gasteiger partial charge on any atom is 0.265 e. The van der Waals surface area contributed by atoms with Crippen LogP contribution in [0.15, 0.2) is 47.4 Å². The van der Waals surface area contributed by atoms with Crippen LogP contribution < -0.4 is 14.8 Å². The number of benzene rings is 2. The molecule has 0 saturated carbocycles. The number of aromatic nitrogens is 1. The van der Waals surface area contributed by atoms with Crippen LogP contribution in [0.2, 0.25) is 5.02 Å². The normalized spacial score (nSPS) is 15.6. The van der Waals surface area contributed by atoms with Crippen LogP contribution in [0.5, 0.6) is 5.75 Å². The summed E-state index contributed by atoms with van der Waals surface area (Å²) in [6.07, 6.45) is 2.06. The highest BCUT2D eigenvalue weighted by Gasteiger charge is 2.24. The average Bonchev–Trinajstić information content (AvgIpc) is 3.20. The van der Waals surface area contributed by atoms with E-state index in [-0.39, 0.29) is 16.7 Å². The van der Waals surface area contributed by atoms with Crippen molar-refractivity contribution in [3.05, 3.63) is 53.2 Å². The quantitative estimate of drug-likeness (QED) is 0.389. The Bertz CT molecular complexity index is 1260. The van der Waals surface area contributed by atoms with Crippen molar-refractivity contribution in [3.8, 4) is 16.2 Å². The molecule has 1 saturated heterocycles. The van der Waals surface area contributed by atoms with Gasteiger partial charge in [-0.1, -0.05) is 35.1 Å². The van der Waals surface area contributed by atoms with Gasteiger partial charge in [-0.05, 0) is 68.5 Å². The lowest BCUT2D eigenvalue weighted by Crippen LogP contribution is -2.30. The summed E-state index contributed by atoms with van der Waals surface area (Å²) in [7, 11) is -2.51. The van der Waals surface area contributed by atoms with Gasteiger partial charge in [0.25, 0.3) is 10.0 Å². The number of halogens is 1. The lowest BCUT2D eigenvalue weighted by Gasteiger charge is -2.28. The predicted octanol–water partition coefficient (Wildman–Crippen LogP) is 5.81. The van der Waals surface area contributed by atoms with Crippen LogP contribution in [0, 0.1) is 12.8 Å². The Morgan fingerprint density at radius 3 is 2.65 bits per heavy atom. The molecule has 0 spiro atoms. The van der Waals surface area contributed by atoms with Crippen LogP contribution in [-0.4, -0.2) is 39.8 Å². The Kier molecular flexibility index (Phi) is 7.67. The molecule has 2 heterocycles. The molecule has 0 amide bonds. The number of para-hydroxylation sites is 1. The van der Waals surface area contributed by atoms with Crippen LogP contribution >= 0.6 is 22.9 Å². The van der Waals surface area contributed by atoms with Crippen molar-refractivity contribution in [3.63, 3.8) is 0 Å². The maximum atomic E-state index is 13.2. The number of hydrogen-bond donors (Lipinski definition) is 2. The molecule has 1 aromatic heterocycles. The van der Waals surface area contributed by atoms with Gasteiger partial charge in [0, 0.05) is 19.3 Å². The van der Waals surface area contributed by atoms with E-state index in [1.807, 2.05) is 13.0 Å². The number of aryl methyl sites for hydroxylation is 1. The second-order valence-corrected chi connectivity index (χ2v) is 11.3. The molecule has 34 heavy (non-hydrogen) atoms. The zero-order valence-electron chi connectivity index (χ0n) is 19.3. The molecule has 7 nitrogen and oxygen atoms in total. The molecule has 2 N–H and O–H groups in total. The minimum Gasteiger partial charge on any atom is -0.495 e. The van der Waals surface area contributed by atoms with E-state index in [1.165, 1.54) is 18.4 Å². The van der Waals surface area contributed by atoms with E-state index < -0.39 is 10.0 Å². The third-order valence-electron chi connectivity index (χ3n) is 5.95. The van der Waals surface area contributed by atoms with Crippen molar-refractivity contribution in [1.82, 2.24) is 4.98 Å². The minimum atomic E-state index is -3.95. The Morgan fingerprint density at radius 1 is 1.21 bits per heavy atom. The molecule has 2 aromatic carbocycles. The van der Waals surface area contributed by atoms with Gasteiger partial charge in [0.05, 0.1) is 28.4 Å². The molecule has 0 radical (unpaired) electrons. The molecule has 1 unspecified atom stereocenters. The first kappa shape index (κ1) is 24.8. The summed E-state index contributed by atoms with van der Waals surface area (Å²) in [6.45, 7) is 5.69. The fourth-order valence-corrected chi connectivity index (χ4v) is 6.60. The largest absolute Gasteiger partial charge is 0.495 e. The number of anilines is 2. The lowest BCUT2D eigenvalue weighted by molar-refractivity contribution is 0.0622. The Morgan fingerprint density at radius 2 is 1.94 bits per heavy atom. The summed E-state index contributed by atoms with van der Waals surface area (Å²) in [6, 6.07) is 12.1. The standard InChI is InChI=1S/C24H28ClN3O4S2/c1-15(17-10-12-32-13-11-17)26-24-27-16(2)23(33-24)18-8-9-21(31-3)22(14-18)34(29,30)28-20-7-5-4-6-19(20)25/h4-9,14-15,17,28H,10-13H2,1-3H3,(H,26,27). The van der Waals surface area contributed by atoms with Gasteiger partial charge in [-0.2, -0.15) is 0 Å². The number of nitrogens with zero attached hydrogens (tertiary/aromatic N) is 1. The summed E-state index contributed by atoms with van der Waals surface area (Å²) >= 11 is 7.67. The van der Waals surface area contributed by atoms with Gasteiger partial charge < -0.3 is 14.8 Å². The van der Waals surface area contributed by atoms with Gasteiger partial charge in [0.1, 0.15) is 10.6 Å². The molecular weight excluding hydrogens is 494 g/mol. The topological polar surface area (TPSA) is 89.5 Å². The first-order valence-corrected chi connectivity index (χ1v) is 13.7. The Balaban J connectivity index is 1.62. The van der Waals surface area contributed by atoms with Gasteiger partial charge in [-0.3, -0.25) is 4.72 Å². The van der Waals surface area contributed by atoms with Crippen molar-refractivity contribution in [1.29, 1.82) is 0 Å². The van der Waals surface area contributed by atoms with E-state index in [1.54, 1.807) is 36.4 Å². The van der Waals surface area contributed by atoms with E-state index in [4.69, 9.17) is 26.1 Å². The van der Waals surface area contributed by atoms with Gasteiger partial charge in [-0.15, -0.1) is 0 Å². The summed E-state index contributed by atoms with van der Waals surface area (Å²) < 4.78 is 39.9. The van der Waals surface area contributed by atoms with E-state index in [9.17, 15) is 8.42 Å². The maximum absolute atomic E-state index is 13.2. The molecule has 182 valence electrons. The number of nitrogens with one attached hydrogen (secondary N) is 2. The lowest BCUT2D eigenvalue weighted by atomic mass is 9.93. The van der Waals surface area contributed by atoms with Crippen LogP contribution in [0.25, 0.3) is 10.4 Å². The monoisotopic (exact) mass is 521 g/mol. The third kappa shape index (κ3) is 5.49. The SMILES string of the molecule is COc1ccc(-c2sc(NC(C)C3CCOCC3)nc2C)cc1S(=O)(=O)Nc1ccccc1Cl. The minimum absolute atomic E-state index is 0.0327. The average molecular weight is 522 g/mol. The molecular formula is C24H28ClN3O4S2. The first-order chi connectivity index (χ1) is 16.3. The number of hydrogen-bond acceptors (Lipinski definition) is 7. The van der Waals surface area contributed by atoms with Crippen molar-refractivity contribution >= 4 is 43.8 Å². The molecule has 1 atom stereocenters. The zero-order chi connectivity index (χ0) is 24.3. The predicted molar refractivity (Wildman–Crippen MR) is 138 cm³/mol. The van der Waals surface area contributed by atoms with Crippen LogP contribution in [-0.2, 0) is 14.8 Å². The van der Waals surface area contributed by atoms with Crippen molar-refractivity contribution in [2.24, 2.45) is 5.92 Å². The molecule has 0 bridgehead atoms. The first-order valence-electron chi connectivity index (χ1n) is 11.1. The fourth-order valence-electron chi connectivity index (χ4n) is 4.03. The summed E-state index contributed by atoms with van der Waals surface area (Å²) in [4.78, 5) is 5.63. The molecule has 1 aliphatic rings. The van der Waals surface area contributed by atoms with Crippen LogP contribution in [0.1, 0.15) is 25.5 Å². The van der Waals surface area contributed by atoms with Crippen molar-refractivity contribution < 1.29 is 17.9 Å². The summed E-state index contributed by atoms with van der Waals surface area (Å²) in [5, 5.41) is 4.66. The number of sulfonamides is 1. The summed E-state index contributed by atoms with van der Waals surface area (Å²) in [5.41, 5.74) is 1.89. The molecule has 10 heteroatoms. The van der Waals surface area contributed by atoms with Crippen LogP contribution in [0.3, 0.4) is 0 Å².